The van der Waals surface area contributed by atoms with Gasteiger partial charge in [0.05, 0.1) is 28.6 Å². The predicted molar refractivity (Wildman–Crippen MR) is 154 cm³/mol. The summed E-state index contributed by atoms with van der Waals surface area (Å²) < 4.78 is 12.0. The Morgan fingerprint density at radius 1 is 1.10 bits per heavy atom. The highest BCUT2D eigenvalue weighted by Gasteiger charge is 2.26. The van der Waals surface area contributed by atoms with Gasteiger partial charge in [-0.25, -0.2) is 9.78 Å². The van der Waals surface area contributed by atoms with Crippen LogP contribution in [0.25, 0.3) is 21.2 Å². The van der Waals surface area contributed by atoms with E-state index >= 15 is 0 Å². The molecular weight excluding hydrogens is 536 g/mol. The summed E-state index contributed by atoms with van der Waals surface area (Å²) >= 11 is 2.47. The van der Waals surface area contributed by atoms with Crippen molar-refractivity contribution in [1.82, 2.24) is 9.66 Å². The van der Waals surface area contributed by atoms with Gasteiger partial charge in [-0.1, -0.05) is 30.0 Å². The van der Waals surface area contributed by atoms with E-state index in [1.54, 1.807) is 25.1 Å². The van der Waals surface area contributed by atoms with Crippen LogP contribution in [0.1, 0.15) is 31.9 Å². The van der Waals surface area contributed by atoms with Crippen LogP contribution in [0.5, 0.6) is 5.75 Å². The monoisotopic (exact) mass is 558 g/mol. The number of hydrogen-bond donors (Lipinski definition) is 1. The van der Waals surface area contributed by atoms with Crippen molar-refractivity contribution in [1.29, 1.82) is 0 Å². The van der Waals surface area contributed by atoms with Crippen LogP contribution in [-0.4, -0.2) is 34.1 Å². The number of nitrogens with one attached hydrogen (secondary N) is 1. The molecule has 9 nitrogen and oxygen atoms in total. The molecule has 39 heavy (non-hydrogen) atoms. The zero-order valence-electron chi connectivity index (χ0n) is 21.4. The van der Waals surface area contributed by atoms with E-state index in [0.717, 1.165) is 11.1 Å². The molecule has 0 atom stereocenters. The van der Waals surface area contributed by atoms with Gasteiger partial charge >= 0.3 is 5.63 Å². The Bertz CT molecular complexity index is 1970. The molecule has 4 heterocycles. The summed E-state index contributed by atoms with van der Waals surface area (Å²) in [5, 5.41) is 8.84. The minimum atomic E-state index is -0.575. The summed E-state index contributed by atoms with van der Waals surface area (Å²) in [6.07, 6.45) is 0. The number of carbonyl (C=O) groups is 1. The van der Waals surface area contributed by atoms with Crippen LogP contribution >= 0.6 is 23.1 Å². The topological polar surface area (TPSA) is 116 Å². The lowest BCUT2D eigenvalue weighted by Gasteiger charge is -2.15. The Labute approximate surface area is 230 Å². The Kier molecular flexibility index (Phi) is 6.12. The summed E-state index contributed by atoms with van der Waals surface area (Å²) in [7, 11) is 1.51. The van der Waals surface area contributed by atoms with Crippen LogP contribution in [0.2, 0.25) is 0 Å². The maximum Gasteiger partial charge on any atom is 0.345 e. The summed E-state index contributed by atoms with van der Waals surface area (Å²) in [5.41, 5.74) is 3.34. The molecule has 0 unspecified atom stereocenters. The highest BCUT2D eigenvalue weighted by Crippen LogP contribution is 2.32. The van der Waals surface area contributed by atoms with Gasteiger partial charge < -0.3 is 14.5 Å². The van der Waals surface area contributed by atoms with E-state index in [1.807, 2.05) is 38.1 Å². The van der Waals surface area contributed by atoms with Crippen LogP contribution in [0.15, 0.2) is 66.7 Å². The van der Waals surface area contributed by atoms with Crippen molar-refractivity contribution in [3.8, 4) is 5.75 Å². The van der Waals surface area contributed by atoms with Gasteiger partial charge in [-0.2, -0.15) is 9.78 Å². The van der Waals surface area contributed by atoms with Gasteiger partial charge in [-0.05, 0) is 61.7 Å². The molecule has 3 aromatic heterocycles. The van der Waals surface area contributed by atoms with Crippen molar-refractivity contribution in [3.05, 3.63) is 90.4 Å². The first-order chi connectivity index (χ1) is 18.7. The lowest BCUT2D eigenvalue weighted by Crippen LogP contribution is -2.28. The third-order valence-electron chi connectivity index (χ3n) is 6.41. The van der Waals surface area contributed by atoms with E-state index in [9.17, 15) is 14.4 Å². The molecule has 1 N–H and O–H groups in total. The number of aromatic nitrogens is 2. The van der Waals surface area contributed by atoms with Crippen molar-refractivity contribution < 1.29 is 13.9 Å². The largest absolute Gasteiger partial charge is 0.493 e. The molecule has 0 bridgehead atoms. The normalized spacial score (nSPS) is 12.9. The molecule has 2 aromatic carbocycles. The van der Waals surface area contributed by atoms with E-state index in [1.165, 1.54) is 34.9 Å². The fraction of sp³-hybridized carbons (Fsp3) is 0.179. The highest BCUT2D eigenvalue weighted by molar-refractivity contribution is 7.99. The number of hydrogen-bond acceptors (Lipinski definition) is 9. The molecule has 0 radical (unpaired) electrons. The number of ether oxygens (including phenoxy) is 1. The van der Waals surface area contributed by atoms with Gasteiger partial charge in [0, 0.05) is 16.8 Å². The SMILES string of the molecule is COc1cccc2cc(C3=Nn4c(nc5sc(C(=O)Nc6cc(C)cc(C)c6)c(C)c5c4=O)SC3)c(=O)oc12. The van der Waals surface area contributed by atoms with Crippen molar-refractivity contribution in [2.24, 2.45) is 5.10 Å². The smallest absolute Gasteiger partial charge is 0.345 e. The number of benzene rings is 2. The van der Waals surface area contributed by atoms with Crippen LogP contribution in [0, 0.1) is 20.8 Å². The van der Waals surface area contributed by atoms with E-state index in [0.29, 0.717) is 59.7 Å². The number of methoxy groups -OCH3 is 1. The molecule has 1 amide bonds. The van der Waals surface area contributed by atoms with Gasteiger partial charge in [-0.15, -0.1) is 11.3 Å². The van der Waals surface area contributed by atoms with Gasteiger partial charge in [0.15, 0.2) is 16.5 Å². The van der Waals surface area contributed by atoms with Gasteiger partial charge in [0.2, 0.25) is 0 Å². The van der Waals surface area contributed by atoms with Crippen molar-refractivity contribution in [2.75, 3.05) is 18.2 Å². The van der Waals surface area contributed by atoms with Gasteiger partial charge in [0.1, 0.15) is 4.83 Å². The number of carbonyl (C=O) groups excluding carboxylic acids is 1. The number of fused-ring (bicyclic) bond motifs is 3. The van der Waals surface area contributed by atoms with E-state index < -0.39 is 11.2 Å². The van der Waals surface area contributed by atoms with Crippen LogP contribution in [-0.2, 0) is 0 Å². The van der Waals surface area contributed by atoms with E-state index in [-0.39, 0.29) is 11.5 Å². The molecule has 0 saturated heterocycles. The third-order valence-corrected chi connectivity index (χ3v) is 8.54. The average molecular weight is 559 g/mol. The molecule has 11 heteroatoms. The summed E-state index contributed by atoms with van der Waals surface area (Å²) in [5.74, 6) is 0.473. The molecule has 0 saturated carbocycles. The van der Waals surface area contributed by atoms with E-state index in [4.69, 9.17) is 9.15 Å². The Balaban J connectivity index is 1.42. The number of nitrogens with zero attached hydrogens (tertiary/aromatic N) is 3. The first kappa shape index (κ1) is 25.1. The number of thioether (sulfide) groups is 1. The standard InChI is InChI=1S/C28H22N4O5S2/c1-13-8-14(2)10-17(9-13)29-24(33)23-15(3)21-25(39-23)30-28-32(26(21)34)31-19(12-38-28)18-11-16-6-5-7-20(36-4)22(16)37-27(18)35/h5-11H,12H2,1-4H3,(H,29,33). The fourth-order valence-corrected chi connectivity index (χ4v) is 6.69. The molecule has 1 aliphatic heterocycles. The van der Waals surface area contributed by atoms with Crippen LogP contribution in [0.4, 0.5) is 5.69 Å². The summed E-state index contributed by atoms with van der Waals surface area (Å²) in [6.45, 7) is 5.67. The molecule has 6 rings (SSSR count). The minimum Gasteiger partial charge on any atom is -0.493 e. The quantitative estimate of drug-likeness (QED) is 0.241. The third kappa shape index (κ3) is 4.33. The number of thiophene rings is 1. The van der Waals surface area contributed by atoms with Gasteiger partial charge in [0.25, 0.3) is 11.5 Å². The second kappa shape index (κ2) is 9.51. The first-order valence-corrected chi connectivity index (χ1v) is 13.8. The summed E-state index contributed by atoms with van der Waals surface area (Å²) in [6, 6.07) is 12.8. The number of anilines is 1. The van der Waals surface area contributed by atoms with Crippen molar-refractivity contribution in [3.63, 3.8) is 0 Å². The van der Waals surface area contributed by atoms with Crippen LogP contribution < -0.4 is 21.2 Å². The summed E-state index contributed by atoms with van der Waals surface area (Å²) in [4.78, 5) is 45.2. The maximum absolute atomic E-state index is 13.6. The van der Waals surface area contributed by atoms with E-state index in [2.05, 4.69) is 15.4 Å². The Morgan fingerprint density at radius 3 is 2.62 bits per heavy atom. The molecule has 0 fully saturated rings. The lowest BCUT2D eigenvalue weighted by atomic mass is 10.1. The molecular formula is C28H22N4O5S2. The first-order valence-electron chi connectivity index (χ1n) is 12.0. The molecule has 0 aliphatic carbocycles. The molecule has 0 spiro atoms. The number of amides is 1. The number of aryl methyl sites for hydroxylation is 3. The predicted octanol–water partition coefficient (Wildman–Crippen LogP) is 5.11. The fourth-order valence-electron chi connectivity index (χ4n) is 4.68. The lowest BCUT2D eigenvalue weighted by molar-refractivity contribution is 0.103. The second-order valence-electron chi connectivity index (χ2n) is 9.24. The zero-order valence-corrected chi connectivity index (χ0v) is 23.1. The molecule has 5 aromatic rings. The maximum atomic E-state index is 13.6. The highest BCUT2D eigenvalue weighted by atomic mass is 32.2. The second-order valence-corrected chi connectivity index (χ2v) is 11.2. The number of rotatable bonds is 4. The van der Waals surface area contributed by atoms with Gasteiger partial charge in [-0.3, -0.25) is 9.59 Å². The zero-order chi connectivity index (χ0) is 27.4. The van der Waals surface area contributed by atoms with Crippen molar-refractivity contribution in [2.45, 2.75) is 25.9 Å². The molecule has 1 aliphatic rings. The molecule has 196 valence electrons. The van der Waals surface area contributed by atoms with Crippen LogP contribution in [0.3, 0.4) is 0 Å². The Morgan fingerprint density at radius 2 is 1.87 bits per heavy atom. The Hall–Kier alpha value is -4.22. The minimum absolute atomic E-state index is 0.261. The average Bonchev–Trinajstić information content (AvgIpc) is 3.23. The van der Waals surface area contributed by atoms with Crippen molar-refractivity contribution >= 4 is 61.6 Å². The number of para-hydroxylation sites is 1.